The summed E-state index contributed by atoms with van der Waals surface area (Å²) < 4.78 is 19.9. The highest BCUT2D eigenvalue weighted by Crippen LogP contribution is 2.52. The third kappa shape index (κ3) is 3.47. The number of para-hydroxylation sites is 1. The molecule has 1 N–H and O–H groups in total. The van der Waals surface area contributed by atoms with Crippen LogP contribution in [0.5, 0.6) is 5.75 Å². The van der Waals surface area contributed by atoms with E-state index in [2.05, 4.69) is 21.2 Å². The fourth-order valence-corrected chi connectivity index (χ4v) is 5.74. The molecule has 1 spiro atoms. The lowest BCUT2D eigenvalue weighted by Gasteiger charge is -2.30. The molecule has 1 amide bonds. The van der Waals surface area contributed by atoms with E-state index in [4.69, 9.17) is 4.74 Å². The van der Waals surface area contributed by atoms with Gasteiger partial charge in [-0.1, -0.05) is 36.4 Å². The Morgan fingerprint density at radius 3 is 2.74 bits per heavy atom. The van der Waals surface area contributed by atoms with E-state index in [1.807, 2.05) is 0 Å². The number of hydrogen-bond donors (Lipinski definition) is 1. The number of carbonyl (C=O) groups excluding carboxylic acids is 1. The summed E-state index contributed by atoms with van der Waals surface area (Å²) in [4.78, 5) is 27.1. The Morgan fingerprint density at radius 2 is 2.00 bits per heavy atom. The Balaban J connectivity index is 1.46. The first-order valence-corrected chi connectivity index (χ1v) is 11.5. The van der Waals surface area contributed by atoms with Gasteiger partial charge < -0.3 is 10.1 Å². The lowest BCUT2D eigenvalue weighted by atomic mass is 9.79. The fraction of sp³-hybridized carbons (Fsp3) is 0.240. The van der Waals surface area contributed by atoms with Crippen LogP contribution in [0, 0.1) is 15.9 Å². The molecule has 174 valence electrons. The Bertz CT molecular complexity index is 1300. The van der Waals surface area contributed by atoms with Gasteiger partial charge in [0.15, 0.2) is 5.54 Å². The van der Waals surface area contributed by atoms with Gasteiger partial charge in [0.1, 0.15) is 18.2 Å². The molecule has 3 aromatic rings. The number of nitrogens with zero attached hydrogens (tertiary/aromatic N) is 2. The van der Waals surface area contributed by atoms with Crippen molar-refractivity contribution >= 4 is 27.5 Å². The molecule has 34 heavy (non-hydrogen) atoms. The van der Waals surface area contributed by atoms with Gasteiger partial charge in [0.25, 0.3) is 11.9 Å². The van der Waals surface area contributed by atoms with Crippen LogP contribution in [0.3, 0.4) is 0 Å². The van der Waals surface area contributed by atoms with Gasteiger partial charge in [0.05, 0.1) is 10.4 Å². The largest absolute Gasteiger partial charge is 0.488 e. The number of fused-ring (bicyclic) bond motifs is 2. The van der Waals surface area contributed by atoms with Gasteiger partial charge in [-0.3, -0.25) is 19.8 Å². The third-order valence-corrected chi connectivity index (χ3v) is 7.33. The number of nitro groups is 1. The summed E-state index contributed by atoms with van der Waals surface area (Å²) in [6, 6.07) is 17.5. The number of carbonyl (C=O) groups is 1. The zero-order valence-corrected chi connectivity index (χ0v) is 19.8. The van der Waals surface area contributed by atoms with Crippen molar-refractivity contribution in [1.29, 1.82) is 0 Å². The molecular weight excluding hydrogens is 505 g/mol. The van der Waals surface area contributed by atoms with Crippen molar-refractivity contribution in [2.24, 2.45) is 0 Å². The first-order valence-electron chi connectivity index (χ1n) is 10.7. The maximum atomic E-state index is 13.4. The van der Waals surface area contributed by atoms with Crippen LogP contribution in [0.1, 0.15) is 22.6 Å². The summed E-state index contributed by atoms with van der Waals surface area (Å²) in [7, 11) is 1.75. The molecule has 1 saturated heterocycles. The van der Waals surface area contributed by atoms with E-state index in [9.17, 15) is 19.3 Å². The molecule has 2 aliphatic rings. The van der Waals surface area contributed by atoms with Crippen molar-refractivity contribution in [3.05, 3.63) is 104 Å². The van der Waals surface area contributed by atoms with Gasteiger partial charge >= 0.3 is 0 Å². The predicted octanol–water partition coefficient (Wildman–Crippen LogP) is 4.69. The summed E-state index contributed by atoms with van der Waals surface area (Å²) in [6.45, 7) is 0.517. The molecule has 0 saturated carbocycles. The first kappa shape index (κ1) is 22.5. The number of halogens is 2. The Morgan fingerprint density at radius 1 is 1.21 bits per heavy atom. The first-order chi connectivity index (χ1) is 16.3. The number of benzene rings is 3. The highest BCUT2D eigenvalue weighted by molar-refractivity contribution is 9.10. The molecule has 0 radical (unpaired) electrons. The minimum Gasteiger partial charge on any atom is -0.488 e. The average molecular weight is 526 g/mol. The van der Waals surface area contributed by atoms with Gasteiger partial charge in [0, 0.05) is 22.7 Å². The van der Waals surface area contributed by atoms with E-state index >= 15 is 0 Å². The number of anilines is 1. The smallest absolute Gasteiger partial charge is 0.256 e. The normalized spacial score (nSPS) is 23.7. The van der Waals surface area contributed by atoms with E-state index in [0.717, 1.165) is 5.56 Å². The molecule has 2 heterocycles. The minimum absolute atomic E-state index is 0.180. The molecule has 0 bridgehead atoms. The molecule has 5 rings (SSSR count). The number of rotatable bonds is 5. The van der Waals surface area contributed by atoms with Crippen LogP contribution in [0.4, 0.5) is 10.1 Å². The summed E-state index contributed by atoms with van der Waals surface area (Å²) >= 11 is 3.51. The third-order valence-electron chi connectivity index (χ3n) is 6.71. The number of amides is 1. The number of hydrogen-bond acceptors (Lipinski definition) is 5. The molecule has 3 atom stereocenters. The maximum absolute atomic E-state index is 13.4. The topological polar surface area (TPSA) is 84.7 Å². The molecule has 2 aliphatic heterocycles. The van der Waals surface area contributed by atoms with Crippen molar-refractivity contribution in [2.45, 2.75) is 24.1 Å². The SMILES string of the molecule is CN1C[C@H](c2ccc(OCc3cccc(F)c3)c(Br)c2)[C@H]([N+](=O)[O-])[C@]12C(=O)Nc1ccccc12. The van der Waals surface area contributed by atoms with Gasteiger partial charge in [-0.2, -0.15) is 0 Å². The quantitative estimate of drug-likeness (QED) is 0.385. The van der Waals surface area contributed by atoms with Crippen LogP contribution in [0.15, 0.2) is 71.2 Å². The van der Waals surface area contributed by atoms with Gasteiger partial charge in [-0.25, -0.2) is 4.39 Å². The van der Waals surface area contributed by atoms with Gasteiger partial charge in [-0.15, -0.1) is 0 Å². The van der Waals surface area contributed by atoms with Crippen molar-refractivity contribution in [2.75, 3.05) is 18.9 Å². The molecule has 0 aromatic heterocycles. The summed E-state index contributed by atoms with van der Waals surface area (Å²) in [5.74, 6) is -0.700. The second-order valence-electron chi connectivity index (χ2n) is 8.59. The number of nitrogens with one attached hydrogen (secondary N) is 1. The van der Waals surface area contributed by atoms with Gasteiger partial charge in [-0.05, 0) is 64.4 Å². The standard InChI is InChI=1S/C25H21BrFN3O4/c1-29-13-18(23(30(32)33)25(29)19-7-2-3-8-21(19)28-24(25)31)16-9-10-22(20(26)12-16)34-14-15-5-4-6-17(27)11-15/h2-12,18,23H,13-14H2,1H3,(H,28,31)/t18-,23+,25-/m1/s1. The van der Waals surface area contributed by atoms with Crippen molar-refractivity contribution < 1.29 is 18.8 Å². The monoisotopic (exact) mass is 525 g/mol. The number of likely N-dealkylation sites (N-methyl/N-ethyl adjacent to an activating group) is 1. The molecule has 9 heteroatoms. The lowest BCUT2D eigenvalue weighted by Crippen LogP contribution is -2.54. The van der Waals surface area contributed by atoms with E-state index in [0.29, 0.717) is 33.6 Å². The van der Waals surface area contributed by atoms with Crippen molar-refractivity contribution in [3.8, 4) is 5.75 Å². The molecule has 0 aliphatic carbocycles. The van der Waals surface area contributed by atoms with Crippen LogP contribution in [0.2, 0.25) is 0 Å². The second-order valence-corrected chi connectivity index (χ2v) is 9.45. The van der Waals surface area contributed by atoms with Crippen LogP contribution in [0.25, 0.3) is 0 Å². The highest BCUT2D eigenvalue weighted by atomic mass is 79.9. The molecule has 1 fully saturated rings. The minimum atomic E-state index is -1.39. The van der Waals surface area contributed by atoms with E-state index < -0.39 is 17.5 Å². The zero-order chi connectivity index (χ0) is 24.0. The average Bonchev–Trinajstić information content (AvgIpc) is 3.28. The maximum Gasteiger partial charge on any atom is 0.256 e. The van der Waals surface area contributed by atoms with E-state index in [1.165, 1.54) is 12.1 Å². The van der Waals surface area contributed by atoms with Crippen LogP contribution < -0.4 is 10.1 Å². The molecule has 7 nitrogen and oxygen atoms in total. The second kappa shape index (κ2) is 8.48. The molecule has 3 aromatic carbocycles. The Kier molecular flexibility index (Phi) is 5.61. The summed E-state index contributed by atoms with van der Waals surface area (Å²) in [6.07, 6.45) is 0. The van der Waals surface area contributed by atoms with Gasteiger partial charge in [0.2, 0.25) is 0 Å². The Labute approximate surface area is 203 Å². The lowest BCUT2D eigenvalue weighted by molar-refractivity contribution is -0.534. The van der Waals surface area contributed by atoms with Crippen LogP contribution in [-0.2, 0) is 16.9 Å². The molecular formula is C25H21BrFN3O4. The zero-order valence-electron chi connectivity index (χ0n) is 18.2. The van der Waals surface area contributed by atoms with Crippen molar-refractivity contribution in [1.82, 2.24) is 4.90 Å². The number of likely N-dealkylation sites (tertiary alicyclic amines) is 1. The van der Waals surface area contributed by atoms with E-state index in [-0.39, 0.29) is 23.3 Å². The summed E-state index contributed by atoms with van der Waals surface area (Å²) in [5, 5.41) is 15.3. The van der Waals surface area contributed by atoms with Crippen LogP contribution in [-0.4, -0.2) is 35.4 Å². The molecule has 0 unspecified atom stereocenters. The summed E-state index contributed by atoms with van der Waals surface area (Å²) in [5.41, 5.74) is 1.27. The highest BCUT2D eigenvalue weighted by Gasteiger charge is 2.68. The van der Waals surface area contributed by atoms with Crippen LogP contribution >= 0.6 is 15.9 Å². The van der Waals surface area contributed by atoms with Crippen molar-refractivity contribution in [3.63, 3.8) is 0 Å². The van der Waals surface area contributed by atoms with E-state index in [1.54, 1.807) is 66.5 Å². The predicted molar refractivity (Wildman–Crippen MR) is 128 cm³/mol. The number of ether oxygens (including phenoxy) is 1. The fourth-order valence-electron chi connectivity index (χ4n) is 5.23. The Hall–Kier alpha value is -3.30.